The Morgan fingerprint density at radius 1 is 1.30 bits per heavy atom. The van der Waals surface area contributed by atoms with Crippen molar-refractivity contribution in [1.29, 1.82) is 0 Å². The molecule has 0 radical (unpaired) electrons. The summed E-state index contributed by atoms with van der Waals surface area (Å²) in [6.07, 6.45) is 0.928. The standard InChI is InChI=1S/C15H15NO2S2/c17-8-2-1-4-12-6-7-14(20-12)11-16-15(18)10-13-5-3-9-19-13/h3,5-7,9,17H,2,8,10-11H2,(H,16,18). The third-order valence-corrected chi connectivity index (χ3v) is 4.36. The van der Waals surface area contributed by atoms with E-state index < -0.39 is 0 Å². The first-order valence-corrected chi connectivity index (χ1v) is 7.95. The van der Waals surface area contributed by atoms with Gasteiger partial charge in [-0.05, 0) is 23.6 Å². The van der Waals surface area contributed by atoms with Crippen LogP contribution in [-0.2, 0) is 17.8 Å². The highest BCUT2D eigenvalue weighted by atomic mass is 32.1. The van der Waals surface area contributed by atoms with Crippen LogP contribution in [0, 0.1) is 11.8 Å². The topological polar surface area (TPSA) is 49.3 Å². The lowest BCUT2D eigenvalue weighted by Crippen LogP contribution is -2.23. The molecule has 0 bridgehead atoms. The second-order valence-electron chi connectivity index (χ2n) is 4.07. The Bertz CT molecular complexity index is 605. The van der Waals surface area contributed by atoms with E-state index in [4.69, 9.17) is 5.11 Å². The molecule has 2 aromatic heterocycles. The number of aliphatic hydroxyl groups is 1. The fourth-order valence-electron chi connectivity index (χ4n) is 1.57. The molecule has 2 rings (SSSR count). The van der Waals surface area contributed by atoms with E-state index in [-0.39, 0.29) is 12.5 Å². The predicted molar refractivity (Wildman–Crippen MR) is 82.8 cm³/mol. The van der Waals surface area contributed by atoms with Crippen LogP contribution in [0.2, 0.25) is 0 Å². The molecule has 0 aromatic carbocycles. The molecule has 0 aliphatic carbocycles. The first-order chi connectivity index (χ1) is 9.78. The molecule has 2 N–H and O–H groups in total. The number of hydrogen-bond donors (Lipinski definition) is 2. The van der Waals surface area contributed by atoms with E-state index in [1.54, 1.807) is 22.7 Å². The molecule has 2 heterocycles. The summed E-state index contributed by atoms with van der Waals surface area (Å²) < 4.78 is 0. The number of hydrogen-bond acceptors (Lipinski definition) is 4. The molecule has 20 heavy (non-hydrogen) atoms. The van der Waals surface area contributed by atoms with E-state index in [1.807, 2.05) is 29.6 Å². The van der Waals surface area contributed by atoms with E-state index in [0.29, 0.717) is 19.4 Å². The summed E-state index contributed by atoms with van der Waals surface area (Å²) in [6, 6.07) is 7.82. The average Bonchev–Trinajstić information content (AvgIpc) is 3.08. The van der Waals surface area contributed by atoms with Gasteiger partial charge in [-0.3, -0.25) is 4.79 Å². The van der Waals surface area contributed by atoms with Crippen molar-refractivity contribution in [3.63, 3.8) is 0 Å². The van der Waals surface area contributed by atoms with E-state index in [0.717, 1.165) is 14.6 Å². The molecule has 1 amide bonds. The van der Waals surface area contributed by atoms with Gasteiger partial charge in [-0.2, -0.15) is 0 Å². The molecule has 0 saturated heterocycles. The van der Waals surface area contributed by atoms with Crippen LogP contribution in [0.15, 0.2) is 29.6 Å². The van der Waals surface area contributed by atoms with Gasteiger partial charge >= 0.3 is 0 Å². The largest absolute Gasteiger partial charge is 0.395 e. The normalized spacial score (nSPS) is 9.85. The second-order valence-corrected chi connectivity index (χ2v) is 6.27. The lowest BCUT2D eigenvalue weighted by atomic mass is 10.3. The molecular weight excluding hydrogens is 290 g/mol. The lowest BCUT2D eigenvalue weighted by molar-refractivity contribution is -0.120. The van der Waals surface area contributed by atoms with Crippen LogP contribution in [0.3, 0.4) is 0 Å². The van der Waals surface area contributed by atoms with E-state index in [1.165, 1.54) is 0 Å². The SMILES string of the molecule is O=C(Cc1cccs1)NCc1ccc(C#CCCO)s1. The summed E-state index contributed by atoms with van der Waals surface area (Å²) in [5, 5.41) is 13.5. The smallest absolute Gasteiger partial charge is 0.225 e. The molecule has 2 aromatic rings. The fraction of sp³-hybridized carbons (Fsp3) is 0.267. The number of nitrogens with one attached hydrogen (secondary N) is 1. The fourth-order valence-corrected chi connectivity index (χ4v) is 3.09. The maximum atomic E-state index is 11.7. The molecule has 0 atom stereocenters. The van der Waals surface area contributed by atoms with Crippen molar-refractivity contribution in [3.05, 3.63) is 44.3 Å². The molecule has 104 valence electrons. The van der Waals surface area contributed by atoms with Gasteiger partial charge in [-0.15, -0.1) is 22.7 Å². The summed E-state index contributed by atoms with van der Waals surface area (Å²) in [4.78, 5) is 14.9. The molecule has 0 aliphatic heterocycles. The zero-order chi connectivity index (χ0) is 14.2. The van der Waals surface area contributed by atoms with Crippen LogP contribution in [-0.4, -0.2) is 17.6 Å². The van der Waals surface area contributed by atoms with Crippen LogP contribution in [0.4, 0.5) is 0 Å². The van der Waals surface area contributed by atoms with Crippen molar-refractivity contribution >= 4 is 28.6 Å². The lowest BCUT2D eigenvalue weighted by Gasteiger charge is -2.01. The Morgan fingerprint density at radius 3 is 2.95 bits per heavy atom. The third-order valence-electron chi connectivity index (χ3n) is 2.48. The highest BCUT2D eigenvalue weighted by Gasteiger charge is 2.05. The van der Waals surface area contributed by atoms with Gasteiger partial charge in [-0.25, -0.2) is 0 Å². The van der Waals surface area contributed by atoms with Gasteiger partial charge < -0.3 is 10.4 Å². The van der Waals surface area contributed by atoms with Crippen molar-refractivity contribution in [2.45, 2.75) is 19.4 Å². The summed E-state index contributed by atoms with van der Waals surface area (Å²) in [7, 11) is 0. The van der Waals surface area contributed by atoms with Crippen LogP contribution < -0.4 is 5.32 Å². The van der Waals surface area contributed by atoms with Crippen molar-refractivity contribution in [1.82, 2.24) is 5.32 Å². The molecule has 0 fully saturated rings. The van der Waals surface area contributed by atoms with Crippen molar-refractivity contribution in [2.24, 2.45) is 0 Å². The number of thiophene rings is 2. The number of amides is 1. The minimum absolute atomic E-state index is 0.0359. The van der Waals surface area contributed by atoms with Gasteiger partial charge in [0.05, 0.1) is 24.4 Å². The first kappa shape index (κ1) is 14.8. The monoisotopic (exact) mass is 305 g/mol. The number of aliphatic hydroxyl groups excluding tert-OH is 1. The van der Waals surface area contributed by atoms with Crippen LogP contribution in [0.25, 0.3) is 0 Å². The molecule has 0 aliphatic rings. The van der Waals surface area contributed by atoms with E-state index in [9.17, 15) is 4.79 Å². The minimum atomic E-state index is 0.0359. The maximum absolute atomic E-state index is 11.7. The van der Waals surface area contributed by atoms with Crippen LogP contribution in [0.1, 0.15) is 21.1 Å². The number of carbonyl (C=O) groups is 1. The summed E-state index contributed by atoms with van der Waals surface area (Å²) in [5.41, 5.74) is 0. The van der Waals surface area contributed by atoms with Crippen molar-refractivity contribution in [2.75, 3.05) is 6.61 Å². The number of carbonyl (C=O) groups excluding carboxylic acids is 1. The summed E-state index contributed by atoms with van der Waals surface area (Å²) >= 11 is 3.16. The molecule has 3 nitrogen and oxygen atoms in total. The molecule has 0 spiro atoms. The average molecular weight is 305 g/mol. The Kier molecular flexibility index (Phi) is 5.81. The van der Waals surface area contributed by atoms with Gasteiger partial charge in [0.25, 0.3) is 0 Å². The second kappa shape index (κ2) is 7.85. The Morgan fingerprint density at radius 2 is 2.20 bits per heavy atom. The Balaban J connectivity index is 1.79. The van der Waals surface area contributed by atoms with E-state index >= 15 is 0 Å². The van der Waals surface area contributed by atoms with Crippen molar-refractivity contribution < 1.29 is 9.90 Å². The highest BCUT2D eigenvalue weighted by Crippen LogP contribution is 2.15. The van der Waals surface area contributed by atoms with Gasteiger partial charge in [0.2, 0.25) is 5.91 Å². The minimum Gasteiger partial charge on any atom is -0.395 e. The van der Waals surface area contributed by atoms with Gasteiger partial charge in [0.15, 0.2) is 0 Å². The van der Waals surface area contributed by atoms with Gasteiger partial charge in [-0.1, -0.05) is 17.9 Å². The Labute approximate surface area is 126 Å². The first-order valence-electron chi connectivity index (χ1n) is 6.25. The molecule has 0 unspecified atom stereocenters. The van der Waals surface area contributed by atoms with Crippen molar-refractivity contribution in [3.8, 4) is 11.8 Å². The predicted octanol–water partition coefficient (Wildman–Crippen LogP) is 2.40. The molecule has 0 saturated carbocycles. The van der Waals surface area contributed by atoms with Gasteiger partial charge in [0, 0.05) is 16.2 Å². The molecular formula is C15H15NO2S2. The zero-order valence-corrected chi connectivity index (χ0v) is 12.5. The highest BCUT2D eigenvalue weighted by molar-refractivity contribution is 7.12. The zero-order valence-electron chi connectivity index (χ0n) is 10.9. The third kappa shape index (κ3) is 4.82. The summed E-state index contributed by atoms with van der Waals surface area (Å²) in [6.45, 7) is 0.626. The van der Waals surface area contributed by atoms with E-state index in [2.05, 4.69) is 17.2 Å². The Hall–Kier alpha value is -1.61. The van der Waals surface area contributed by atoms with Crippen LogP contribution >= 0.6 is 22.7 Å². The van der Waals surface area contributed by atoms with Crippen LogP contribution in [0.5, 0.6) is 0 Å². The quantitative estimate of drug-likeness (QED) is 0.833. The van der Waals surface area contributed by atoms with Gasteiger partial charge in [0.1, 0.15) is 0 Å². The number of rotatable bonds is 5. The molecule has 5 heteroatoms. The summed E-state index contributed by atoms with van der Waals surface area (Å²) in [5.74, 6) is 5.91. The maximum Gasteiger partial charge on any atom is 0.225 e.